The molecule has 7 heteroatoms. The van der Waals surface area contributed by atoms with E-state index in [4.69, 9.17) is 10.1 Å². The van der Waals surface area contributed by atoms with Gasteiger partial charge in [-0.1, -0.05) is 0 Å². The zero-order valence-electron chi connectivity index (χ0n) is 14.3. The van der Waals surface area contributed by atoms with E-state index in [-0.39, 0.29) is 12.0 Å². The van der Waals surface area contributed by atoms with Crippen molar-refractivity contribution in [2.24, 2.45) is 0 Å². The molecule has 6 nitrogen and oxygen atoms in total. The monoisotopic (exact) mass is 369 g/mol. The number of carboxylic acids is 1. The van der Waals surface area contributed by atoms with Gasteiger partial charge in [-0.3, -0.25) is 19.1 Å². The van der Waals surface area contributed by atoms with E-state index in [0.717, 1.165) is 47.0 Å². The fraction of sp³-hybridized carbons (Fsp3) is 0.368. The summed E-state index contributed by atoms with van der Waals surface area (Å²) in [6.45, 7) is 0.344. The minimum atomic E-state index is -0.856. The molecular formula is C19H19N3O3S. The molecule has 0 spiro atoms. The van der Waals surface area contributed by atoms with Crippen molar-refractivity contribution >= 4 is 27.5 Å². The van der Waals surface area contributed by atoms with E-state index >= 15 is 0 Å². The molecule has 0 aromatic carbocycles. The normalized spacial score (nSPS) is 13.7. The lowest BCUT2D eigenvalue weighted by Crippen LogP contribution is -2.24. The van der Waals surface area contributed by atoms with Gasteiger partial charge >= 0.3 is 5.97 Å². The fourth-order valence-electron chi connectivity index (χ4n) is 3.56. The summed E-state index contributed by atoms with van der Waals surface area (Å²) in [5.74, 6) is -0.264. The lowest BCUT2D eigenvalue weighted by molar-refractivity contribution is -0.137. The second-order valence-electron chi connectivity index (χ2n) is 6.52. The molecule has 26 heavy (non-hydrogen) atoms. The van der Waals surface area contributed by atoms with Gasteiger partial charge in [0, 0.05) is 35.8 Å². The number of hydrogen-bond acceptors (Lipinski definition) is 5. The minimum Gasteiger partial charge on any atom is -0.481 e. The van der Waals surface area contributed by atoms with E-state index in [1.807, 2.05) is 12.1 Å². The highest BCUT2D eigenvalue weighted by atomic mass is 32.1. The summed E-state index contributed by atoms with van der Waals surface area (Å²) in [6.07, 6.45) is 7.97. The molecule has 0 unspecified atom stereocenters. The lowest BCUT2D eigenvalue weighted by Gasteiger charge is -2.13. The molecule has 134 valence electrons. The molecule has 0 amide bonds. The van der Waals surface area contributed by atoms with Gasteiger partial charge in [-0.25, -0.2) is 4.98 Å². The van der Waals surface area contributed by atoms with Crippen molar-refractivity contribution in [3.63, 3.8) is 0 Å². The number of fused-ring (bicyclic) bond motifs is 3. The van der Waals surface area contributed by atoms with Crippen LogP contribution in [0.4, 0.5) is 0 Å². The van der Waals surface area contributed by atoms with Gasteiger partial charge in [-0.2, -0.15) is 0 Å². The standard InChI is InChI=1S/C19H19N3O3S/c23-15(24)6-3-11-22-17(12-7-9-20-10-8-12)21-18-16(19(22)25)13-4-1-2-5-14(13)26-18/h7-10H,1-6,11H2,(H,23,24). The van der Waals surface area contributed by atoms with Crippen LogP contribution in [0.5, 0.6) is 0 Å². The highest BCUT2D eigenvalue weighted by Gasteiger charge is 2.22. The summed E-state index contributed by atoms with van der Waals surface area (Å²) in [6, 6.07) is 3.66. The molecule has 3 heterocycles. The third-order valence-electron chi connectivity index (χ3n) is 4.79. The van der Waals surface area contributed by atoms with E-state index in [2.05, 4.69) is 4.98 Å². The molecular weight excluding hydrogens is 350 g/mol. The van der Waals surface area contributed by atoms with Gasteiger partial charge in [0.25, 0.3) is 5.56 Å². The van der Waals surface area contributed by atoms with E-state index in [1.165, 1.54) is 4.88 Å². The molecule has 3 aromatic rings. The van der Waals surface area contributed by atoms with Crippen molar-refractivity contribution in [3.8, 4) is 11.4 Å². The molecule has 0 saturated heterocycles. The quantitative estimate of drug-likeness (QED) is 0.746. The van der Waals surface area contributed by atoms with Crippen LogP contribution in [-0.4, -0.2) is 25.6 Å². The molecule has 1 aliphatic carbocycles. The number of aryl methyl sites for hydroxylation is 2. The fourth-order valence-corrected chi connectivity index (χ4v) is 4.81. The molecule has 0 radical (unpaired) electrons. The summed E-state index contributed by atoms with van der Waals surface area (Å²) in [5.41, 5.74) is 1.93. The number of rotatable bonds is 5. The van der Waals surface area contributed by atoms with Gasteiger partial charge in [-0.05, 0) is 49.8 Å². The Balaban J connectivity index is 1.90. The summed E-state index contributed by atoms with van der Waals surface area (Å²) in [4.78, 5) is 35.1. The third-order valence-corrected chi connectivity index (χ3v) is 5.97. The van der Waals surface area contributed by atoms with Crippen molar-refractivity contribution in [1.29, 1.82) is 0 Å². The lowest BCUT2D eigenvalue weighted by atomic mass is 9.97. The zero-order valence-corrected chi connectivity index (χ0v) is 15.1. The molecule has 1 N–H and O–H groups in total. The summed E-state index contributed by atoms with van der Waals surface area (Å²) in [7, 11) is 0. The maximum absolute atomic E-state index is 13.3. The van der Waals surface area contributed by atoms with Crippen LogP contribution in [0.15, 0.2) is 29.3 Å². The van der Waals surface area contributed by atoms with Gasteiger partial charge in [0.1, 0.15) is 10.7 Å². The zero-order chi connectivity index (χ0) is 18.1. The summed E-state index contributed by atoms with van der Waals surface area (Å²) >= 11 is 1.63. The van der Waals surface area contributed by atoms with Crippen molar-refractivity contribution in [1.82, 2.24) is 14.5 Å². The molecule has 0 fully saturated rings. The average Bonchev–Trinajstić information content (AvgIpc) is 3.02. The van der Waals surface area contributed by atoms with E-state index in [0.29, 0.717) is 18.8 Å². The number of carbonyl (C=O) groups is 1. The second-order valence-corrected chi connectivity index (χ2v) is 7.60. The Kier molecular flexibility index (Phi) is 4.55. The number of thiophene rings is 1. The van der Waals surface area contributed by atoms with Crippen molar-refractivity contribution < 1.29 is 9.90 Å². The van der Waals surface area contributed by atoms with E-state index < -0.39 is 5.97 Å². The molecule has 4 rings (SSSR count). The second kappa shape index (κ2) is 6.99. The van der Waals surface area contributed by atoms with Crippen LogP contribution in [0.3, 0.4) is 0 Å². The van der Waals surface area contributed by atoms with Gasteiger partial charge in [0.15, 0.2) is 0 Å². The third kappa shape index (κ3) is 3.03. The summed E-state index contributed by atoms with van der Waals surface area (Å²) in [5, 5.41) is 9.67. The maximum atomic E-state index is 13.3. The maximum Gasteiger partial charge on any atom is 0.303 e. The predicted molar refractivity (Wildman–Crippen MR) is 101 cm³/mol. The predicted octanol–water partition coefficient (Wildman–Crippen LogP) is 3.26. The van der Waals surface area contributed by atoms with Gasteiger partial charge < -0.3 is 5.11 Å². The molecule has 1 aliphatic rings. The molecule has 3 aromatic heterocycles. The minimum absolute atomic E-state index is 0.0298. The highest BCUT2D eigenvalue weighted by Crippen LogP contribution is 2.34. The topological polar surface area (TPSA) is 85.1 Å². The first-order chi connectivity index (χ1) is 12.6. The van der Waals surface area contributed by atoms with Crippen LogP contribution in [0.1, 0.15) is 36.1 Å². The Morgan fingerprint density at radius 3 is 2.77 bits per heavy atom. The number of hydrogen-bond donors (Lipinski definition) is 1. The summed E-state index contributed by atoms with van der Waals surface area (Å²) < 4.78 is 1.64. The Hall–Kier alpha value is -2.54. The van der Waals surface area contributed by atoms with Gasteiger partial charge in [0.2, 0.25) is 0 Å². The first-order valence-electron chi connectivity index (χ1n) is 8.82. The number of pyridine rings is 1. The molecule has 0 aliphatic heterocycles. The van der Waals surface area contributed by atoms with Gasteiger partial charge in [-0.15, -0.1) is 11.3 Å². The first kappa shape index (κ1) is 16.9. The van der Waals surface area contributed by atoms with Crippen molar-refractivity contribution in [2.45, 2.75) is 45.1 Å². The van der Waals surface area contributed by atoms with E-state index in [9.17, 15) is 9.59 Å². The molecule has 0 bridgehead atoms. The van der Waals surface area contributed by atoms with Crippen LogP contribution in [0.25, 0.3) is 21.6 Å². The Labute approximate surface area is 154 Å². The van der Waals surface area contributed by atoms with Crippen LogP contribution in [0, 0.1) is 0 Å². The van der Waals surface area contributed by atoms with Crippen molar-refractivity contribution in [3.05, 3.63) is 45.3 Å². The van der Waals surface area contributed by atoms with Crippen LogP contribution < -0.4 is 5.56 Å². The smallest absolute Gasteiger partial charge is 0.303 e. The van der Waals surface area contributed by atoms with Crippen molar-refractivity contribution in [2.75, 3.05) is 0 Å². The first-order valence-corrected chi connectivity index (χ1v) is 9.64. The number of nitrogens with zero attached hydrogens (tertiary/aromatic N) is 3. The number of aromatic nitrogens is 3. The highest BCUT2D eigenvalue weighted by molar-refractivity contribution is 7.18. The Bertz CT molecular complexity index is 1020. The Morgan fingerprint density at radius 2 is 2.00 bits per heavy atom. The van der Waals surface area contributed by atoms with Crippen LogP contribution >= 0.6 is 11.3 Å². The Morgan fingerprint density at radius 1 is 1.23 bits per heavy atom. The van der Waals surface area contributed by atoms with Crippen LogP contribution in [-0.2, 0) is 24.2 Å². The number of aliphatic carboxylic acids is 1. The molecule has 0 saturated carbocycles. The van der Waals surface area contributed by atoms with E-state index in [1.54, 1.807) is 28.3 Å². The molecule has 0 atom stereocenters. The largest absolute Gasteiger partial charge is 0.481 e. The van der Waals surface area contributed by atoms with Crippen LogP contribution in [0.2, 0.25) is 0 Å². The number of carboxylic acid groups (broad SMARTS) is 1. The SMILES string of the molecule is O=C(O)CCCn1c(-c2ccncc2)nc2sc3c(c2c1=O)CCCC3. The average molecular weight is 369 g/mol. The van der Waals surface area contributed by atoms with Gasteiger partial charge in [0.05, 0.1) is 5.39 Å².